The molecule has 1 amide bonds. The minimum absolute atomic E-state index is 0.0732. The number of aromatic nitrogens is 1. The van der Waals surface area contributed by atoms with Crippen LogP contribution in [0.15, 0.2) is 52.9 Å². The van der Waals surface area contributed by atoms with Crippen molar-refractivity contribution in [3.05, 3.63) is 54.3 Å². The molecule has 0 radical (unpaired) electrons. The Balaban J connectivity index is 1.17. The van der Waals surface area contributed by atoms with Crippen molar-refractivity contribution in [3.63, 3.8) is 0 Å². The number of carbonyl (C=O) groups excluding carboxylic acids is 1. The second-order valence-electron chi connectivity index (χ2n) is 8.89. The molecule has 1 N–H and O–H groups in total. The van der Waals surface area contributed by atoms with Crippen LogP contribution in [0.1, 0.15) is 38.4 Å². The minimum Gasteiger partial charge on any atom is -0.460 e. The van der Waals surface area contributed by atoms with Crippen LogP contribution < -0.4 is 10.1 Å². The smallest absolute Gasteiger partial charge is 0.279 e. The Morgan fingerprint density at radius 2 is 2.00 bits per heavy atom. The Kier molecular flexibility index (Phi) is 4.88. The zero-order chi connectivity index (χ0) is 21.7. The van der Waals surface area contributed by atoms with Gasteiger partial charge in [0.15, 0.2) is 0 Å². The molecule has 32 heavy (non-hydrogen) atoms. The van der Waals surface area contributed by atoms with E-state index < -0.39 is 0 Å². The SMILES string of the molecule is CC(=O)NC1CC2CC[C@@H](C1)N2Cc1cc2cc(Oc3nc4ccccc4s3)ccc2o1. The lowest BCUT2D eigenvalue weighted by atomic mass is 9.97. The molecule has 6 nitrogen and oxygen atoms in total. The van der Waals surface area contributed by atoms with Crippen molar-refractivity contribution in [2.45, 2.75) is 57.3 Å². The molecule has 164 valence electrons. The molecule has 4 heterocycles. The van der Waals surface area contributed by atoms with Gasteiger partial charge in [-0.3, -0.25) is 9.69 Å². The summed E-state index contributed by atoms with van der Waals surface area (Å²) in [4.78, 5) is 18.6. The van der Waals surface area contributed by atoms with E-state index in [9.17, 15) is 4.79 Å². The van der Waals surface area contributed by atoms with Crippen LogP contribution in [0.2, 0.25) is 0 Å². The average Bonchev–Trinajstić information content (AvgIpc) is 3.41. The zero-order valence-electron chi connectivity index (χ0n) is 17.9. The van der Waals surface area contributed by atoms with Crippen molar-refractivity contribution in [1.29, 1.82) is 0 Å². The number of furan rings is 1. The highest BCUT2D eigenvalue weighted by Gasteiger charge is 2.41. The third-order valence-corrected chi connectivity index (χ3v) is 7.56. The van der Waals surface area contributed by atoms with Crippen LogP contribution in [0.3, 0.4) is 0 Å². The van der Waals surface area contributed by atoms with Crippen LogP contribution in [-0.4, -0.2) is 33.9 Å². The fraction of sp³-hybridized carbons (Fsp3) is 0.360. The lowest BCUT2D eigenvalue weighted by molar-refractivity contribution is -0.120. The van der Waals surface area contributed by atoms with Gasteiger partial charge in [0, 0.05) is 30.4 Å². The molecule has 0 spiro atoms. The van der Waals surface area contributed by atoms with Crippen LogP contribution in [0.25, 0.3) is 21.2 Å². The second kappa shape index (κ2) is 7.90. The molecule has 0 saturated carbocycles. The van der Waals surface area contributed by atoms with E-state index in [0.29, 0.717) is 23.3 Å². The first-order valence-corrected chi connectivity index (χ1v) is 12.0. The van der Waals surface area contributed by atoms with Gasteiger partial charge in [-0.25, -0.2) is 4.98 Å². The second-order valence-corrected chi connectivity index (χ2v) is 9.88. The average molecular weight is 448 g/mol. The summed E-state index contributed by atoms with van der Waals surface area (Å²) in [6.07, 6.45) is 4.44. The predicted molar refractivity (Wildman–Crippen MR) is 125 cm³/mol. The fourth-order valence-electron chi connectivity index (χ4n) is 5.33. The molecule has 2 aliphatic heterocycles. The number of thiazole rings is 1. The van der Waals surface area contributed by atoms with Crippen LogP contribution in [0, 0.1) is 0 Å². The monoisotopic (exact) mass is 447 g/mol. The van der Waals surface area contributed by atoms with E-state index in [4.69, 9.17) is 9.15 Å². The van der Waals surface area contributed by atoms with Gasteiger partial charge in [0.05, 0.1) is 16.8 Å². The molecule has 6 rings (SSSR count). The third kappa shape index (κ3) is 3.76. The molecule has 2 aliphatic rings. The van der Waals surface area contributed by atoms with Crippen molar-refractivity contribution >= 4 is 38.4 Å². The van der Waals surface area contributed by atoms with E-state index in [1.54, 1.807) is 18.3 Å². The van der Waals surface area contributed by atoms with Crippen LogP contribution >= 0.6 is 11.3 Å². The van der Waals surface area contributed by atoms with Crippen molar-refractivity contribution in [1.82, 2.24) is 15.2 Å². The fourth-order valence-corrected chi connectivity index (χ4v) is 6.17. The van der Waals surface area contributed by atoms with Crippen molar-refractivity contribution in [2.75, 3.05) is 0 Å². The number of fused-ring (bicyclic) bond motifs is 4. The Bertz CT molecular complexity index is 1250. The number of para-hydroxylation sites is 1. The van der Waals surface area contributed by atoms with Gasteiger partial charge in [0.1, 0.15) is 17.1 Å². The molecule has 2 unspecified atom stereocenters. The highest BCUT2D eigenvalue weighted by molar-refractivity contribution is 7.20. The number of nitrogens with zero attached hydrogens (tertiary/aromatic N) is 2. The van der Waals surface area contributed by atoms with Gasteiger partial charge < -0.3 is 14.5 Å². The van der Waals surface area contributed by atoms with Crippen molar-refractivity contribution in [2.24, 2.45) is 0 Å². The molecule has 2 bridgehead atoms. The number of hydrogen-bond acceptors (Lipinski definition) is 6. The summed E-state index contributed by atoms with van der Waals surface area (Å²) in [5.41, 5.74) is 1.83. The molecule has 2 aromatic carbocycles. The van der Waals surface area contributed by atoms with Crippen LogP contribution in [0.4, 0.5) is 0 Å². The van der Waals surface area contributed by atoms with E-state index in [1.165, 1.54) is 12.8 Å². The number of carbonyl (C=O) groups is 1. The van der Waals surface area contributed by atoms with Gasteiger partial charge in [0.2, 0.25) is 5.91 Å². The lowest BCUT2D eigenvalue weighted by Gasteiger charge is -2.38. The minimum atomic E-state index is 0.0732. The number of amides is 1. The van der Waals surface area contributed by atoms with E-state index in [2.05, 4.69) is 27.3 Å². The van der Waals surface area contributed by atoms with Crippen molar-refractivity contribution in [3.8, 4) is 10.9 Å². The number of hydrogen-bond donors (Lipinski definition) is 1. The maximum Gasteiger partial charge on any atom is 0.279 e. The highest BCUT2D eigenvalue weighted by Crippen LogP contribution is 2.38. The standard InChI is InChI=1S/C25H25N3O3S/c1-15(29)26-17-12-18-6-7-19(13-17)28(18)14-21-11-16-10-20(8-9-23(16)30-21)31-25-27-22-4-2-3-5-24(22)32-25/h2-5,8-11,17-19H,6-7,12-14H2,1H3,(H,26,29)/t17?,18-,19?/m0/s1. The summed E-state index contributed by atoms with van der Waals surface area (Å²) in [5, 5.41) is 4.80. The summed E-state index contributed by atoms with van der Waals surface area (Å²) in [7, 11) is 0. The van der Waals surface area contributed by atoms with E-state index in [1.807, 2.05) is 36.4 Å². The third-order valence-electron chi connectivity index (χ3n) is 6.65. The molecule has 3 atom stereocenters. The molecular weight excluding hydrogens is 422 g/mol. The maximum atomic E-state index is 11.5. The topological polar surface area (TPSA) is 67.6 Å². The molecule has 2 aromatic heterocycles. The van der Waals surface area contributed by atoms with Gasteiger partial charge in [-0.1, -0.05) is 23.5 Å². The van der Waals surface area contributed by atoms with Gasteiger partial charge in [-0.2, -0.15) is 0 Å². The largest absolute Gasteiger partial charge is 0.460 e. The maximum absolute atomic E-state index is 11.5. The quantitative estimate of drug-likeness (QED) is 0.440. The molecule has 7 heteroatoms. The Hall–Kier alpha value is -2.90. The normalized spacial score (nSPS) is 23.1. The predicted octanol–water partition coefficient (Wildman–Crippen LogP) is 5.47. The molecule has 2 saturated heterocycles. The Morgan fingerprint density at radius 1 is 1.19 bits per heavy atom. The Labute approximate surface area is 190 Å². The van der Waals surface area contributed by atoms with Gasteiger partial charge >= 0.3 is 0 Å². The first kappa shape index (κ1) is 19.8. The number of nitrogens with one attached hydrogen (secondary N) is 1. The zero-order valence-corrected chi connectivity index (χ0v) is 18.7. The summed E-state index contributed by atoms with van der Waals surface area (Å²) in [6, 6.07) is 17.4. The van der Waals surface area contributed by atoms with E-state index >= 15 is 0 Å². The molecule has 4 aromatic rings. The number of rotatable bonds is 5. The van der Waals surface area contributed by atoms with Crippen LogP contribution in [0.5, 0.6) is 10.9 Å². The number of piperidine rings is 1. The number of ether oxygens (including phenoxy) is 1. The molecular formula is C25H25N3O3S. The molecule has 0 aliphatic carbocycles. The molecule has 2 fully saturated rings. The van der Waals surface area contributed by atoms with E-state index in [-0.39, 0.29) is 5.91 Å². The van der Waals surface area contributed by atoms with Crippen molar-refractivity contribution < 1.29 is 13.9 Å². The Morgan fingerprint density at radius 3 is 2.78 bits per heavy atom. The summed E-state index contributed by atoms with van der Waals surface area (Å²) >= 11 is 1.55. The highest BCUT2D eigenvalue weighted by atomic mass is 32.1. The van der Waals surface area contributed by atoms with Crippen LogP contribution in [-0.2, 0) is 11.3 Å². The first-order valence-electron chi connectivity index (χ1n) is 11.2. The van der Waals surface area contributed by atoms with Gasteiger partial charge in [0.25, 0.3) is 5.19 Å². The van der Waals surface area contributed by atoms with Gasteiger partial charge in [-0.15, -0.1) is 0 Å². The summed E-state index contributed by atoms with van der Waals surface area (Å²) < 4.78 is 13.3. The first-order chi connectivity index (χ1) is 15.6. The lowest BCUT2D eigenvalue weighted by Crippen LogP contribution is -2.49. The number of benzene rings is 2. The van der Waals surface area contributed by atoms with Gasteiger partial charge in [-0.05, 0) is 62.1 Å². The summed E-state index contributed by atoms with van der Waals surface area (Å²) in [5.74, 6) is 1.82. The van der Waals surface area contributed by atoms with E-state index in [0.717, 1.165) is 52.1 Å². The summed E-state index contributed by atoms with van der Waals surface area (Å²) in [6.45, 7) is 2.42.